The van der Waals surface area contributed by atoms with Gasteiger partial charge in [0.25, 0.3) is 0 Å². The number of aliphatic imine (C=N–C) groups is 1. The van der Waals surface area contributed by atoms with Gasteiger partial charge in [0.15, 0.2) is 0 Å². The Morgan fingerprint density at radius 3 is 2.27 bits per heavy atom. The van der Waals surface area contributed by atoms with Crippen LogP contribution >= 0.6 is 24.8 Å². The second-order valence-electron chi connectivity index (χ2n) is 5.19. The van der Waals surface area contributed by atoms with Crippen LogP contribution in [0.4, 0.5) is 11.5 Å². The van der Waals surface area contributed by atoms with Gasteiger partial charge in [0.1, 0.15) is 11.7 Å². The van der Waals surface area contributed by atoms with Gasteiger partial charge in [-0.05, 0) is 6.07 Å². The van der Waals surface area contributed by atoms with Crippen LogP contribution in [-0.4, -0.2) is 43.9 Å². The number of hydrogen-bond acceptors (Lipinski definition) is 3. The molecule has 0 saturated carbocycles. The van der Waals surface area contributed by atoms with E-state index in [0.717, 1.165) is 34.7 Å². The summed E-state index contributed by atoms with van der Waals surface area (Å²) in [7, 11) is 8.05. The minimum atomic E-state index is 0. The molecular weight excluding hydrogens is 319 g/mol. The zero-order valence-electron chi connectivity index (χ0n) is 13.7. The van der Waals surface area contributed by atoms with Crippen molar-refractivity contribution in [1.82, 2.24) is 9.88 Å². The molecule has 4 nitrogen and oxygen atoms in total. The lowest BCUT2D eigenvalue weighted by atomic mass is 10.2. The Kier molecular flexibility index (Phi) is 8.20. The number of pyridine rings is 1. The summed E-state index contributed by atoms with van der Waals surface area (Å²) < 4.78 is 0. The van der Waals surface area contributed by atoms with Gasteiger partial charge in [-0.2, -0.15) is 0 Å². The summed E-state index contributed by atoms with van der Waals surface area (Å²) in [4.78, 5) is 13.5. The maximum absolute atomic E-state index is 4.82. The van der Waals surface area contributed by atoms with E-state index in [9.17, 15) is 0 Å². The van der Waals surface area contributed by atoms with Gasteiger partial charge in [-0.3, -0.25) is 0 Å². The Bertz CT molecular complexity index is 639. The van der Waals surface area contributed by atoms with E-state index >= 15 is 0 Å². The molecule has 2 rings (SSSR count). The van der Waals surface area contributed by atoms with E-state index in [1.54, 1.807) is 0 Å². The van der Waals surface area contributed by atoms with Crippen LogP contribution in [0.3, 0.4) is 0 Å². The van der Waals surface area contributed by atoms with Crippen molar-refractivity contribution in [2.24, 2.45) is 4.99 Å². The molecular formula is C16H24Cl2N4. The third-order valence-corrected chi connectivity index (χ3v) is 3.22. The highest BCUT2D eigenvalue weighted by Gasteiger charge is 2.08. The molecule has 6 heteroatoms. The normalized spacial score (nSPS) is 10.7. The van der Waals surface area contributed by atoms with E-state index in [1.807, 2.05) is 57.4 Å². The fourth-order valence-electron chi connectivity index (χ4n) is 2.10. The molecule has 1 heterocycles. The number of amidine groups is 1. The molecule has 1 aromatic heterocycles. The van der Waals surface area contributed by atoms with Crippen LogP contribution in [0.2, 0.25) is 0 Å². The number of rotatable bonds is 3. The highest BCUT2D eigenvalue weighted by atomic mass is 35.5. The number of halogens is 2. The molecule has 2 aromatic rings. The van der Waals surface area contributed by atoms with E-state index in [4.69, 9.17) is 4.99 Å². The van der Waals surface area contributed by atoms with Gasteiger partial charge < -0.3 is 9.80 Å². The van der Waals surface area contributed by atoms with Gasteiger partial charge in [-0.1, -0.05) is 25.1 Å². The third kappa shape index (κ3) is 4.49. The van der Waals surface area contributed by atoms with E-state index in [0.29, 0.717) is 0 Å². The first kappa shape index (κ1) is 20.5. The second kappa shape index (κ2) is 8.81. The van der Waals surface area contributed by atoms with Crippen LogP contribution in [0.25, 0.3) is 10.9 Å². The number of nitrogens with zero attached hydrogens (tertiary/aromatic N) is 4. The van der Waals surface area contributed by atoms with Crippen molar-refractivity contribution < 1.29 is 0 Å². The molecule has 0 aliphatic carbocycles. The summed E-state index contributed by atoms with van der Waals surface area (Å²) in [5.41, 5.74) is 1.96. The van der Waals surface area contributed by atoms with Crippen molar-refractivity contribution in [3.05, 3.63) is 30.3 Å². The largest absolute Gasteiger partial charge is 0.366 e. The SMILES string of the molecule is CCC(=Nc1cc(N(C)C)nc2ccccc12)N(C)C.Cl.Cl. The first-order chi connectivity index (χ1) is 9.52. The van der Waals surface area contributed by atoms with Crippen molar-refractivity contribution in [3.8, 4) is 0 Å². The molecule has 0 fully saturated rings. The highest BCUT2D eigenvalue weighted by Crippen LogP contribution is 2.29. The van der Waals surface area contributed by atoms with E-state index < -0.39 is 0 Å². The first-order valence-corrected chi connectivity index (χ1v) is 6.85. The molecule has 122 valence electrons. The maximum atomic E-state index is 4.82. The molecule has 0 saturated heterocycles. The second-order valence-corrected chi connectivity index (χ2v) is 5.19. The highest BCUT2D eigenvalue weighted by molar-refractivity contribution is 5.95. The lowest BCUT2D eigenvalue weighted by Crippen LogP contribution is -2.20. The molecule has 0 radical (unpaired) electrons. The Labute approximate surface area is 145 Å². The minimum Gasteiger partial charge on any atom is -0.366 e. The van der Waals surface area contributed by atoms with Crippen molar-refractivity contribution in [3.63, 3.8) is 0 Å². The number of aromatic nitrogens is 1. The van der Waals surface area contributed by atoms with Gasteiger partial charge in [0.2, 0.25) is 0 Å². The van der Waals surface area contributed by atoms with Gasteiger partial charge in [-0.25, -0.2) is 9.98 Å². The van der Waals surface area contributed by atoms with Gasteiger partial charge in [0.05, 0.1) is 11.2 Å². The molecule has 0 aliphatic rings. The average Bonchev–Trinajstić information content (AvgIpc) is 2.43. The van der Waals surface area contributed by atoms with Gasteiger partial charge in [0, 0.05) is 46.1 Å². The van der Waals surface area contributed by atoms with Crippen molar-refractivity contribution in [2.45, 2.75) is 13.3 Å². The van der Waals surface area contributed by atoms with Crippen molar-refractivity contribution >= 4 is 53.1 Å². The van der Waals surface area contributed by atoms with Crippen LogP contribution in [0.15, 0.2) is 35.3 Å². The standard InChI is InChI=1S/C16H22N4.2ClH/c1-6-15(19(2)3)18-14-11-16(20(4)5)17-13-10-8-7-9-12(13)14;;/h7-11H,6H2,1-5H3;2*1H. The molecule has 0 N–H and O–H groups in total. The molecule has 0 spiro atoms. The zero-order chi connectivity index (χ0) is 14.7. The Balaban J connectivity index is 0.00000220. The number of benzene rings is 1. The molecule has 0 atom stereocenters. The van der Waals surface area contributed by atoms with E-state index in [2.05, 4.69) is 22.9 Å². The summed E-state index contributed by atoms with van der Waals surface area (Å²) in [5, 5.41) is 1.09. The fourth-order valence-corrected chi connectivity index (χ4v) is 2.10. The Morgan fingerprint density at radius 1 is 1.09 bits per heavy atom. The Morgan fingerprint density at radius 2 is 1.73 bits per heavy atom. The fraction of sp³-hybridized carbons (Fsp3) is 0.375. The topological polar surface area (TPSA) is 31.7 Å². The van der Waals surface area contributed by atoms with Crippen LogP contribution < -0.4 is 4.90 Å². The van der Waals surface area contributed by atoms with Gasteiger partial charge >= 0.3 is 0 Å². The molecule has 22 heavy (non-hydrogen) atoms. The van der Waals surface area contributed by atoms with Crippen molar-refractivity contribution in [2.75, 3.05) is 33.1 Å². The summed E-state index contributed by atoms with van der Waals surface area (Å²) in [6, 6.07) is 10.2. The lowest BCUT2D eigenvalue weighted by Gasteiger charge is -2.16. The molecule has 0 amide bonds. The third-order valence-electron chi connectivity index (χ3n) is 3.22. The average molecular weight is 343 g/mol. The Hall–Kier alpha value is -1.52. The number of hydrogen-bond donors (Lipinski definition) is 0. The van der Waals surface area contributed by atoms with Crippen LogP contribution in [0.1, 0.15) is 13.3 Å². The smallest absolute Gasteiger partial charge is 0.130 e. The quantitative estimate of drug-likeness (QED) is 0.620. The van der Waals surface area contributed by atoms with E-state index in [-0.39, 0.29) is 24.8 Å². The summed E-state index contributed by atoms with van der Waals surface area (Å²) >= 11 is 0. The minimum absolute atomic E-state index is 0. The summed E-state index contributed by atoms with van der Waals surface area (Å²) in [6.45, 7) is 2.12. The number of para-hydroxylation sites is 1. The zero-order valence-corrected chi connectivity index (χ0v) is 15.3. The monoisotopic (exact) mass is 342 g/mol. The lowest BCUT2D eigenvalue weighted by molar-refractivity contribution is 0.608. The predicted molar refractivity (Wildman–Crippen MR) is 102 cm³/mol. The van der Waals surface area contributed by atoms with Crippen LogP contribution in [0.5, 0.6) is 0 Å². The predicted octanol–water partition coefficient (Wildman–Crippen LogP) is 4.15. The molecule has 0 aliphatic heterocycles. The van der Waals surface area contributed by atoms with Crippen LogP contribution in [-0.2, 0) is 0 Å². The molecule has 1 aromatic carbocycles. The number of fused-ring (bicyclic) bond motifs is 1. The summed E-state index contributed by atoms with van der Waals surface area (Å²) in [5.74, 6) is 1.99. The van der Waals surface area contributed by atoms with Crippen LogP contribution in [0, 0.1) is 0 Å². The van der Waals surface area contributed by atoms with Gasteiger partial charge in [-0.15, -0.1) is 24.8 Å². The van der Waals surface area contributed by atoms with Crippen molar-refractivity contribution in [1.29, 1.82) is 0 Å². The van der Waals surface area contributed by atoms with E-state index in [1.165, 1.54) is 0 Å². The first-order valence-electron chi connectivity index (χ1n) is 6.85. The molecule has 0 bridgehead atoms. The maximum Gasteiger partial charge on any atom is 0.130 e. The molecule has 0 unspecified atom stereocenters. The number of anilines is 1. The summed E-state index contributed by atoms with van der Waals surface area (Å²) in [6.07, 6.45) is 0.904.